The zero-order valence-corrected chi connectivity index (χ0v) is 12.5. The number of hydrogen-bond acceptors (Lipinski definition) is 4. The molecule has 0 spiro atoms. The van der Waals surface area contributed by atoms with E-state index in [1.807, 2.05) is 0 Å². The molecule has 0 bridgehead atoms. The molecule has 0 atom stereocenters. The number of hydrogen-bond donors (Lipinski definition) is 2. The largest absolute Gasteiger partial charge is 0.336 e. The van der Waals surface area contributed by atoms with Crippen molar-refractivity contribution in [3.63, 3.8) is 0 Å². The van der Waals surface area contributed by atoms with Gasteiger partial charge in [-0.1, -0.05) is 11.6 Å². The summed E-state index contributed by atoms with van der Waals surface area (Å²) in [5.41, 5.74) is 5.43. The molecule has 0 aliphatic heterocycles. The average molecular weight is 333 g/mol. The Morgan fingerprint density at radius 1 is 1.43 bits per heavy atom. The van der Waals surface area contributed by atoms with Crippen molar-refractivity contribution < 1.29 is 12.8 Å². The fourth-order valence-corrected chi connectivity index (χ4v) is 3.24. The van der Waals surface area contributed by atoms with E-state index in [0.29, 0.717) is 6.54 Å². The summed E-state index contributed by atoms with van der Waals surface area (Å²) >= 11 is 5.80. The van der Waals surface area contributed by atoms with Gasteiger partial charge in [-0.15, -0.1) is 0 Å². The second-order valence-electron chi connectivity index (χ2n) is 4.28. The summed E-state index contributed by atoms with van der Waals surface area (Å²) in [6.07, 6.45) is 4.83. The minimum atomic E-state index is -4.00. The summed E-state index contributed by atoms with van der Waals surface area (Å²) < 4.78 is 42.3. The Hall–Kier alpha value is -1.48. The highest BCUT2D eigenvalue weighted by Crippen LogP contribution is 2.23. The number of nitrogens with one attached hydrogen (secondary N) is 1. The van der Waals surface area contributed by atoms with Crippen LogP contribution in [0.2, 0.25) is 5.02 Å². The molecule has 0 amide bonds. The van der Waals surface area contributed by atoms with Crippen LogP contribution in [-0.4, -0.2) is 24.5 Å². The Kier molecular flexibility index (Phi) is 4.94. The van der Waals surface area contributed by atoms with E-state index in [-0.39, 0.29) is 23.7 Å². The van der Waals surface area contributed by atoms with Crippen molar-refractivity contribution in [2.24, 2.45) is 5.73 Å². The molecule has 114 valence electrons. The molecule has 0 fully saturated rings. The normalized spacial score (nSPS) is 11.8. The first-order chi connectivity index (χ1) is 9.94. The third kappa shape index (κ3) is 3.79. The van der Waals surface area contributed by atoms with Crippen LogP contribution in [-0.2, 0) is 23.1 Å². The molecule has 21 heavy (non-hydrogen) atoms. The standard InChI is InChI=1S/C12H14ClFN4O2S/c13-10-5-9(7-15)12(14)11(6-10)21(19,20)17-2-4-18-3-1-16-8-18/h1,3,5-6,8,17H,2,4,7,15H2. The Morgan fingerprint density at radius 2 is 2.19 bits per heavy atom. The maximum atomic E-state index is 14.1. The fraction of sp³-hybridized carbons (Fsp3) is 0.250. The molecule has 3 N–H and O–H groups in total. The van der Waals surface area contributed by atoms with Crippen LogP contribution < -0.4 is 10.5 Å². The van der Waals surface area contributed by atoms with Gasteiger partial charge in [-0.3, -0.25) is 0 Å². The van der Waals surface area contributed by atoms with Crippen molar-refractivity contribution in [3.05, 3.63) is 47.3 Å². The number of benzene rings is 1. The topological polar surface area (TPSA) is 90.0 Å². The van der Waals surface area contributed by atoms with Crippen LogP contribution in [0.5, 0.6) is 0 Å². The molecule has 0 radical (unpaired) electrons. The molecule has 0 aliphatic carbocycles. The molecule has 9 heteroatoms. The summed E-state index contributed by atoms with van der Waals surface area (Å²) in [5, 5.41) is 0.117. The van der Waals surface area contributed by atoms with Crippen LogP contribution in [0.1, 0.15) is 5.56 Å². The number of nitrogens with two attached hydrogens (primary N) is 1. The quantitative estimate of drug-likeness (QED) is 0.829. The second kappa shape index (κ2) is 6.52. The molecular formula is C12H14ClFN4O2S. The maximum absolute atomic E-state index is 14.1. The summed E-state index contributed by atoms with van der Waals surface area (Å²) in [6.45, 7) is 0.345. The highest BCUT2D eigenvalue weighted by Gasteiger charge is 2.21. The number of nitrogens with zero attached hydrogens (tertiary/aromatic N) is 2. The average Bonchev–Trinajstić information content (AvgIpc) is 2.93. The monoisotopic (exact) mass is 332 g/mol. The first kappa shape index (κ1) is 15.9. The molecule has 6 nitrogen and oxygen atoms in total. The van der Waals surface area contributed by atoms with Crippen LogP contribution in [0.15, 0.2) is 35.7 Å². The highest BCUT2D eigenvalue weighted by molar-refractivity contribution is 7.89. The highest BCUT2D eigenvalue weighted by atomic mass is 35.5. The summed E-state index contributed by atoms with van der Waals surface area (Å²) in [4.78, 5) is 3.34. The lowest BCUT2D eigenvalue weighted by Gasteiger charge is -2.11. The van der Waals surface area contributed by atoms with Gasteiger partial charge in [0, 0.05) is 42.6 Å². The van der Waals surface area contributed by atoms with E-state index in [4.69, 9.17) is 17.3 Å². The fourth-order valence-electron chi connectivity index (χ4n) is 1.77. The van der Waals surface area contributed by atoms with Gasteiger partial charge in [0.15, 0.2) is 0 Å². The zero-order valence-electron chi connectivity index (χ0n) is 11.0. The van der Waals surface area contributed by atoms with E-state index in [0.717, 1.165) is 6.07 Å². The molecular weight excluding hydrogens is 319 g/mol. The van der Waals surface area contributed by atoms with E-state index in [1.165, 1.54) is 6.07 Å². The predicted octanol–water partition coefficient (Wildman–Crippen LogP) is 1.11. The number of imidazole rings is 1. The van der Waals surface area contributed by atoms with E-state index < -0.39 is 20.7 Å². The van der Waals surface area contributed by atoms with Gasteiger partial charge in [-0.25, -0.2) is 22.5 Å². The maximum Gasteiger partial charge on any atom is 0.243 e. The Bertz CT molecular complexity index is 719. The second-order valence-corrected chi connectivity index (χ2v) is 6.45. The third-order valence-corrected chi connectivity index (χ3v) is 4.49. The summed E-state index contributed by atoms with van der Waals surface area (Å²) in [7, 11) is -4.00. The zero-order chi connectivity index (χ0) is 15.5. The number of halogens is 2. The van der Waals surface area contributed by atoms with E-state index in [1.54, 1.807) is 23.3 Å². The minimum Gasteiger partial charge on any atom is -0.336 e. The van der Waals surface area contributed by atoms with Gasteiger partial charge >= 0.3 is 0 Å². The number of sulfonamides is 1. The summed E-state index contributed by atoms with van der Waals surface area (Å²) in [5.74, 6) is -0.878. The molecule has 1 heterocycles. The minimum absolute atomic E-state index is 0.0532. The van der Waals surface area contributed by atoms with E-state index in [9.17, 15) is 12.8 Å². The van der Waals surface area contributed by atoms with Crippen molar-refractivity contribution in [1.29, 1.82) is 0 Å². The van der Waals surface area contributed by atoms with E-state index >= 15 is 0 Å². The van der Waals surface area contributed by atoms with Gasteiger partial charge in [0.25, 0.3) is 0 Å². The van der Waals surface area contributed by atoms with Crippen LogP contribution in [0, 0.1) is 5.82 Å². The molecule has 0 aliphatic rings. The van der Waals surface area contributed by atoms with Gasteiger partial charge in [0.05, 0.1) is 6.33 Å². The molecule has 2 rings (SSSR count). The van der Waals surface area contributed by atoms with Crippen molar-refractivity contribution in [2.45, 2.75) is 18.0 Å². The molecule has 2 aromatic rings. The molecule has 1 aromatic heterocycles. The van der Waals surface area contributed by atoms with Crippen LogP contribution in [0.25, 0.3) is 0 Å². The van der Waals surface area contributed by atoms with Gasteiger partial charge < -0.3 is 10.3 Å². The molecule has 0 saturated heterocycles. The van der Waals surface area contributed by atoms with Crippen LogP contribution in [0.3, 0.4) is 0 Å². The lowest BCUT2D eigenvalue weighted by molar-refractivity contribution is 0.545. The van der Waals surface area contributed by atoms with Crippen LogP contribution >= 0.6 is 11.6 Å². The van der Waals surface area contributed by atoms with E-state index in [2.05, 4.69) is 9.71 Å². The van der Waals surface area contributed by atoms with Crippen LogP contribution in [0.4, 0.5) is 4.39 Å². The molecule has 1 aromatic carbocycles. The SMILES string of the molecule is NCc1cc(Cl)cc(S(=O)(=O)NCCn2ccnc2)c1F. The van der Waals surface area contributed by atoms with Gasteiger partial charge in [-0.2, -0.15) is 0 Å². The lowest BCUT2D eigenvalue weighted by Crippen LogP contribution is -2.28. The first-order valence-electron chi connectivity index (χ1n) is 6.07. The number of aromatic nitrogens is 2. The van der Waals surface area contributed by atoms with Crippen molar-refractivity contribution >= 4 is 21.6 Å². The predicted molar refractivity (Wildman–Crippen MR) is 76.7 cm³/mol. The first-order valence-corrected chi connectivity index (χ1v) is 7.93. The third-order valence-electron chi connectivity index (χ3n) is 2.81. The van der Waals surface area contributed by atoms with Gasteiger partial charge in [0.1, 0.15) is 10.7 Å². The van der Waals surface area contributed by atoms with Crippen molar-refractivity contribution in [3.8, 4) is 0 Å². The van der Waals surface area contributed by atoms with Gasteiger partial charge in [-0.05, 0) is 12.1 Å². The van der Waals surface area contributed by atoms with Crippen molar-refractivity contribution in [2.75, 3.05) is 6.54 Å². The summed E-state index contributed by atoms with van der Waals surface area (Å²) in [6, 6.07) is 2.37. The number of rotatable bonds is 6. The van der Waals surface area contributed by atoms with Gasteiger partial charge in [0.2, 0.25) is 10.0 Å². The lowest BCUT2D eigenvalue weighted by atomic mass is 10.2. The molecule has 0 unspecified atom stereocenters. The Balaban J connectivity index is 2.17. The molecule has 0 saturated carbocycles. The smallest absolute Gasteiger partial charge is 0.243 e. The Labute approximate surface area is 126 Å². The Morgan fingerprint density at radius 3 is 2.81 bits per heavy atom. The van der Waals surface area contributed by atoms with Crippen molar-refractivity contribution in [1.82, 2.24) is 14.3 Å².